The quantitative estimate of drug-likeness (QED) is 0.579. The zero-order valence-electron chi connectivity index (χ0n) is 15.2. The fraction of sp³-hybridized carbons (Fsp3) is 0.455. The Hall–Kier alpha value is -1.90. The van der Waals surface area contributed by atoms with Crippen molar-refractivity contribution >= 4 is 0 Å². The van der Waals surface area contributed by atoms with E-state index in [1.165, 1.54) is 30.4 Å². The van der Waals surface area contributed by atoms with E-state index in [1.54, 1.807) is 18.2 Å². The molecular formula is C22H26F2O. The van der Waals surface area contributed by atoms with Crippen LogP contribution in [0.4, 0.5) is 8.78 Å². The van der Waals surface area contributed by atoms with E-state index in [9.17, 15) is 8.78 Å². The molecule has 2 aromatic carbocycles. The maximum Gasteiger partial charge on any atom is 0.387 e. The molecule has 1 aliphatic carbocycles. The molecule has 0 spiro atoms. The normalized spacial score (nSPS) is 19.4. The molecule has 1 aliphatic rings. The van der Waals surface area contributed by atoms with Crippen LogP contribution in [-0.2, 0) is 6.42 Å². The average Bonchev–Trinajstić information content (AvgIpc) is 2.93. The van der Waals surface area contributed by atoms with Crippen molar-refractivity contribution in [3.8, 4) is 16.9 Å². The summed E-state index contributed by atoms with van der Waals surface area (Å²) in [6, 6.07) is 13.7. The van der Waals surface area contributed by atoms with Crippen LogP contribution in [0.25, 0.3) is 11.1 Å². The Morgan fingerprint density at radius 3 is 2.60 bits per heavy atom. The van der Waals surface area contributed by atoms with Crippen LogP contribution in [0.3, 0.4) is 0 Å². The largest absolute Gasteiger partial charge is 0.435 e. The molecule has 0 radical (unpaired) electrons. The first-order valence-corrected chi connectivity index (χ1v) is 9.09. The topological polar surface area (TPSA) is 9.23 Å². The number of benzene rings is 2. The van der Waals surface area contributed by atoms with Crippen LogP contribution < -0.4 is 4.74 Å². The molecule has 0 heterocycles. The third-order valence-corrected chi connectivity index (χ3v) is 5.53. The van der Waals surface area contributed by atoms with E-state index in [2.05, 4.69) is 43.7 Å². The number of aryl methyl sites for hydroxylation is 1. The molecule has 0 aliphatic heterocycles. The molecular weight excluding hydrogens is 318 g/mol. The highest BCUT2D eigenvalue weighted by Crippen LogP contribution is 2.51. The van der Waals surface area contributed by atoms with Crippen molar-refractivity contribution < 1.29 is 13.5 Å². The molecule has 0 bridgehead atoms. The molecule has 1 atom stereocenters. The van der Waals surface area contributed by atoms with Crippen molar-refractivity contribution in [2.45, 2.75) is 59.0 Å². The Bertz CT molecular complexity index is 737. The van der Waals surface area contributed by atoms with Crippen LogP contribution in [0.2, 0.25) is 0 Å². The van der Waals surface area contributed by atoms with E-state index in [-0.39, 0.29) is 11.2 Å². The average molecular weight is 344 g/mol. The van der Waals surface area contributed by atoms with Crippen molar-refractivity contribution in [2.75, 3.05) is 0 Å². The number of ether oxygens (including phenoxy) is 1. The van der Waals surface area contributed by atoms with Gasteiger partial charge in [0.25, 0.3) is 0 Å². The summed E-state index contributed by atoms with van der Waals surface area (Å²) in [5, 5.41) is 0. The zero-order valence-corrected chi connectivity index (χ0v) is 15.2. The van der Waals surface area contributed by atoms with Crippen LogP contribution in [0.15, 0.2) is 42.5 Å². The predicted molar refractivity (Wildman–Crippen MR) is 98.3 cm³/mol. The molecule has 0 amide bonds. The van der Waals surface area contributed by atoms with Crippen molar-refractivity contribution in [2.24, 2.45) is 5.41 Å². The number of alkyl halides is 2. The van der Waals surface area contributed by atoms with Crippen molar-refractivity contribution in [3.05, 3.63) is 53.6 Å². The van der Waals surface area contributed by atoms with Crippen molar-refractivity contribution in [3.63, 3.8) is 0 Å². The van der Waals surface area contributed by atoms with Gasteiger partial charge in [0, 0.05) is 0 Å². The van der Waals surface area contributed by atoms with Gasteiger partial charge in [-0.05, 0) is 65.0 Å². The minimum absolute atomic E-state index is 0.212. The monoisotopic (exact) mass is 344 g/mol. The summed E-state index contributed by atoms with van der Waals surface area (Å²) in [4.78, 5) is 0. The molecule has 1 nitrogen and oxygen atoms in total. The van der Waals surface area contributed by atoms with Crippen molar-refractivity contribution in [1.82, 2.24) is 0 Å². The molecule has 3 heteroatoms. The van der Waals surface area contributed by atoms with Gasteiger partial charge >= 0.3 is 6.61 Å². The van der Waals surface area contributed by atoms with Gasteiger partial charge in [-0.25, -0.2) is 0 Å². The summed E-state index contributed by atoms with van der Waals surface area (Å²) in [6.07, 6.45) is 4.64. The standard InChI is InChI=1S/C22H26F2O/c1-4-15-10-11-18(16-7-5-8-17(14-16)25-21(23)24)19(13-15)20-9-6-12-22(20,2)3/h5,7-8,10-11,13-14,20-21H,4,6,9,12H2,1-3H3/t20-/m1/s1. The van der Waals surface area contributed by atoms with Crippen LogP contribution in [0.5, 0.6) is 5.75 Å². The molecule has 25 heavy (non-hydrogen) atoms. The second-order valence-electron chi connectivity index (χ2n) is 7.61. The molecule has 0 saturated heterocycles. The molecule has 2 aromatic rings. The van der Waals surface area contributed by atoms with Crippen LogP contribution in [-0.4, -0.2) is 6.61 Å². The Kier molecular flexibility index (Phi) is 5.12. The summed E-state index contributed by atoms with van der Waals surface area (Å²) in [5.41, 5.74) is 5.01. The van der Waals surface area contributed by atoms with Gasteiger partial charge in [0.2, 0.25) is 0 Å². The van der Waals surface area contributed by atoms with E-state index in [0.29, 0.717) is 5.92 Å². The lowest BCUT2D eigenvalue weighted by Crippen LogP contribution is -2.16. The fourth-order valence-electron chi connectivity index (χ4n) is 4.13. The molecule has 1 saturated carbocycles. The highest BCUT2D eigenvalue weighted by atomic mass is 19.3. The molecule has 0 unspecified atom stereocenters. The number of hydrogen-bond acceptors (Lipinski definition) is 1. The van der Waals surface area contributed by atoms with Gasteiger partial charge in [0.1, 0.15) is 5.75 Å². The summed E-state index contributed by atoms with van der Waals surface area (Å²) in [5.74, 6) is 0.706. The molecule has 1 fully saturated rings. The van der Waals surface area contributed by atoms with Crippen LogP contribution >= 0.6 is 0 Å². The van der Waals surface area contributed by atoms with E-state index >= 15 is 0 Å². The first-order valence-electron chi connectivity index (χ1n) is 9.09. The van der Waals surface area contributed by atoms with Gasteiger partial charge in [-0.3, -0.25) is 0 Å². The summed E-state index contributed by atoms with van der Waals surface area (Å²) in [6.45, 7) is 4.04. The lowest BCUT2D eigenvalue weighted by molar-refractivity contribution is -0.0498. The van der Waals surface area contributed by atoms with Gasteiger partial charge in [0.15, 0.2) is 0 Å². The first-order chi connectivity index (χ1) is 11.9. The third-order valence-electron chi connectivity index (χ3n) is 5.53. The van der Waals surface area contributed by atoms with Crippen molar-refractivity contribution in [1.29, 1.82) is 0 Å². The van der Waals surface area contributed by atoms with Gasteiger partial charge < -0.3 is 4.74 Å². The summed E-state index contributed by atoms with van der Waals surface area (Å²) >= 11 is 0. The molecule has 0 N–H and O–H groups in total. The lowest BCUT2D eigenvalue weighted by atomic mass is 9.75. The Morgan fingerprint density at radius 2 is 1.96 bits per heavy atom. The lowest BCUT2D eigenvalue weighted by Gasteiger charge is -2.30. The highest BCUT2D eigenvalue weighted by Gasteiger charge is 2.36. The number of halogens is 2. The van der Waals surface area contributed by atoms with E-state index in [1.807, 2.05) is 6.07 Å². The minimum Gasteiger partial charge on any atom is -0.435 e. The Labute approximate surface area is 149 Å². The third kappa shape index (κ3) is 3.86. The van der Waals surface area contributed by atoms with Gasteiger partial charge in [0.05, 0.1) is 0 Å². The number of rotatable bonds is 5. The second kappa shape index (κ2) is 7.15. The minimum atomic E-state index is -2.80. The second-order valence-corrected chi connectivity index (χ2v) is 7.61. The molecule has 3 rings (SSSR count). The highest BCUT2D eigenvalue weighted by molar-refractivity contribution is 5.70. The fourth-order valence-corrected chi connectivity index (χ4v) is 4.13. The molecule has 134 valence electrons. The predicted octanol–water partition coefficient (Wildman–Crippen LogP) is 6.81. The van der Waals surface area contributed by atoms with E-state index in [4.69, 9.17) is 0 Å². The molecule has 0 aromatic heterocycles. The van der Waals surface area contributed by atoms with Crippen LogP contribution in [0, 0.1) is 5.41 Å². The van der Waals surface area contributed by atoms with Gasteiger partial charge in [-0.15, -0.1) is 0 Å². The Balaban J connectivity index is 2.07. The summed E-state index contributed by atoms with van der Waals surface area (Å²) in [7, 11) is 0. The Morgan fingerprint density at radius 1 is 1.16 bits per heavy atom. The van der Waals surface area contributed by atoms with Crippen LogP contribution in [0.1, 0.15) is 57.1 Å². The SMILES string of the molecule is CCc1ccc(-c2cccc(OC(F)F)c2)c([C@H]2CCCC2(C)C)c1. The van der Waals surface area contributed by atoms with E-state index in [0.717, 1.165) is 17.5 Å². The number of hydrogen-bond donors (Lipinski definition) is 0. The van der Waals surface area contributed by atoms with E-state index < -0.39 is 6.61 Å². The zero-order chi connectivity index (χ0) is 18.0. The first kappa shape index (κ1) is 17.9. The van der Waals surface area contributed by atoms with Gasteiger partial charge in [-0.1, -0.05) is 57.5 Å². The van der Waals surface area contributed by atoms with Gasteiger partial charge in [-0.2, -0.15) is 8.78 Å². The smallest absolute Gasteiger partial charge is 0.387 e. The maximum absolute atomic E-state index is 12.6. The summed E-state index contributed by atoms with van der Waals surface area (Å²) < 4.78 is 29.7. The maximum atomic E-state index is 12.6.